The van der Waals surface area contributed by atoms with Crippen LogP contribution >= 0.6 is 11.6 Å². The van der Waals surface area contributed by atoms with E-state index >= 15 is 0 Å². The summed E-state index contributed by atoms with van der Waals surface area (Å²) < 4.78 is 5.12. The molecule has 0 spiro atoms. The fourth-order valence-electron chi connectivity index (χ4n) is 1.92. The van der Waals surface area contributed by atoms with E-state index in [1.807, 2.05) is 18.2 Å². The first kappa shape index (κ1) is 13.3. The van der Waals surface area contributed by atoms with Crippen LogP contribution in [0.2, 0.25) is 5.02 Å². The third kappa shape index (κ3) is 3.39. The largest absolute Gasteiger partial charge is 0.495 e. The first-order chi connectivity index (χ1) is 7.72. The fraction of sp³-hybridized carbons (Fsp3) is 0.538. The lowest BCUT2D eigenvalue weighted by Crippen LogP contribution is -2.01. The van der Waals surface area contributed by atoms with E-state index in [2.05, 4.69) is 6.92 Å². The van der Waals surface area contributed by atoms with Gasteiger partial charge in [-0.3, -0.25) is 0 Å². The van der Waals surface area contributed by atoms with Gasteiger partial charge in [-0.15, -0.1) is 0 Å². The molecular weight excluding hydrogens is 224 g/mol. The Kier molecular flexibility index (Phi) is 5.64. The summed E-state index contributed by atoms with van der Waals surface area (Å²) in [6, 6.07) is 5.86. The van der Waals surface area contributed by atoms with Crippen LogP contribution in [0.4, 0.5) is 0 Å². The van der Waals surface area contributed by atoms with Gasteiger partial charge >= 0.3 is 0 Å². The van der Waals surface area contributed by atoms with Gasteiger partial charge in [-0.1, -0.05) is 31.0 Å². The molecule has 16 heavy (non-hydrogen) atoms. The second kappa shape index (κ2) is 6.77. The van der Waals surface area contributed by atoms with E-state index in [4.69, 9.17) is 21.4 Å². The Labute approximate surface area is 102 Å². The molecule has 0 radical (unpaired) electrons. The van der Waals surface area contributed by atoms with Gasteiger partial charge in [-0.25, -0.2) is 0 Å². The summed E-state index contributed by atoms with van der Waals surface area (Å²) >= 11 is 6.09. The van der Waals surface area contributed by atoms with Gasteiger partial charge < -0.3 is 9.84 Å². The number of ether oxygens (including phenoxy) is 1. The molecule has 0 bridgehead atoms. The second-order valence-electron chi connectivity index (χ2n) is 3.89. The second-order valence-corrected chi connectivity index (χ2v) is 4.30. The van der Waals surface area contributed by atoms with Gasteiger partial charge in [0.1, 0.15) is 5.75 Å². The van der Waals surface area contributed by atoms with E-state index in [-0.39, 0.29) is 6.61 Å². The number of aliphatic hydroxyl groups is 1. The van der Waals surface area contributed by atoms with Gasteiger partial charge in [0, 0.05) is 6.61 Å². The van der Waals surface area contributed by atoms with Gasteiger partial charge in [-0.05, 0) is 36.5 Å². The summed E-state index contributed by atoms with van der Waals surface area (Å²) in [5, 5.41) is 9.68. The van der Waals surface area contributed by atoms with E-state index in [0.29, 0.717) is 16.7 Å². The molecule has 0 aliphatic carbocycles. The van der Waals surface area contributed by atoms with Crippen molar-refractivity contribution in [2.75, 3.05) is 13.7 Å². The molecule has 0 aliphatic heterocycles. The number of aliphatic hydroxyl groups excluding tert-OH is 1. The molecule has 0 aliphatic rings. The third-order valence-corrected chi connectivity index (χ3v) is 3.06. The van der Waals surface area contributed by atoms with Crippen LogP contribution in [0.15, 0.2) is 18.2 Å². The topological polar surface area (TPSA) is 29.5 Å². The Morgan fingerprint density at radius 3 is 2.62 bits per heavy atom. The molecule has 1 aromatic rings. The first-order valence-corrected chi connectivity index (χ1v) is 6.05. The number of halogens is 1. The molecule has 1 atom stereocenters. The normalized spacial score (nSPS) is 12.5. The summed E-state index contributed by atoms with van der Waals surface area (Å²) in [5.74, 6) is 1.09. The van der Waals surface area contributed by atoms with Crippen molar-refractivity contribution in [3.8, 4) is 5.75 Å². The molecule has 0 fully saturated rings. The van der Waals surface area contributed by atoms with Crippen LogP contribution in [0.5, 0.6) is 5.75 Å². The van der Waals surface area contributed by atoms with Crippen molar-refractivity contribution in [2.24, 2.45) is 0 Å². The van der Waals surface area contributed by atoms with E-state index in [0.717, 1.165) is 19.3 Å². The summed E-state index contributed by atoms with van der Waals surface area (Å²) in [4.78, 5) is 0. The lowest BCUT2D eigenvalue weighted by atomic mass is 9.92. The average molecular weight is 243 g/mol. The SMILES string of the molecule is CCCC(CCO)c1ccc(OC)c(Cl)c1. The molecule has 90 valence electrons. The van der Waals surface area contributed by atoms with Gasteiger partial charge in [0.15, 0.2) is 0 Å². The lowest BCUT2D eigenvalue weighted by Gasteiger charge is -2.16. The molecule has 3 heteroatoms. The minimum absolute atomic E-state index is 0.217. The van der Waals surface area contributed by atoms with Crippen LogP contribution in [0.3, 0.4) is 0 Å². The molecule has 2 nitrogen and oxygen atoms in total. The van der Waals surface area contributed by atoms with Crippen LogP contribution in [-0.2, 0) is 0 Å². The quantitative estimate of drug-likeness (QED) is 0.826. The van der Waals surface area contributed by atoms with Crippen LogP contribution in [0.1, 0.15) is 37.7 Å². The number of hydrogen-bond acceptors (Lipinski definition) is 2. The number of methoxy groups -OCH3 is 1. The summed E-state index contributed by atoms with van der Waals surface area (Å²) in [6.07, 6.45) is 2.97. The molecule has 0 heterocycles. The third-order valence-electron chi connectivity index (χ3n) is 2.76. The molecule has 1 N–H and O–H groups in total. The predicted octanol–water partition coefficient (Wildman–Crippen LogP) is 3.61. The number of hydrogen-bond donors (Lipinski definition) is 1. The van der Waals surface area contributed by atoms with Crippen molar-refractivity contribution in [1.82, 2.24) is 0 Å². The maximum atomic E-state index is 9.04. The minimum Gasteiger partial charge on any atom is -0.495 e. The molecule has 1 aromatic carbocycles. The van der Waals surface area contributed by atoms with Crippen molar-refractivity contribution in [3.05, 3.63) is 28.8 Å². The van der Waals surface area contributed by atoms with Crippen molar-refractivity contribution in [1.29, 1.82) is 0 Å². The Balaban J connectivity index is 2.87. The zero-order chi connectivity index (χ0) is 12.0. The zero-order valence-electron chi connectivity index (χ0n) is 9.87. The minimum atomic E-state index is 0.217. The molecule has 1 unspecified atom stereocenters. The van der Waals surface area contributed by atoms with Crippen LogP contribution in [0.25, 0.3) is 0 Å². The molecule has 1 rings (SSSR count). The standard InChI is InChI=1S/C13H19ClO2/c1-3-4-10(7-8-15)11-5-6-13(16-2)12(14)9-11/h5-6,9-10,15H,3-4,7-8H2,1-2H3. The predicted molar refractivity (Wildman–Crippen MR) is 67.4 cm³/mol. The Morgan fingerprint density at radius 1 is 1.38 bits per heavy atom. The average Bonchev–Trinajstić information content (AvgIpc) is 2.28. The molecule has 0 saturated carbocycles. The highest BCUT2D eigenvalue weighted by molar-refractivity contribution is 6.32. The fourth-order valence-corrected chi connectivity index (χ4v) is 2.18. The van der Waals surface area contributed by atoms with Crippen LogP contribution in [-0.4, -0.2) is 18.8 Å². The Bertz CT molecular complexity index is 320. The zero-order valence-corrected chi connectivity index (χ0v) is 10.6. The summed E-state index contributed by atoms with van der Waals surface area (Å²) in [5.41, 5.74) is 1.18. The van der Waals surface area contributed by atoms with Gasteiger partial charge in [-0.2, -0.15) is 0 Å². The van der Waals surface area contributed by atoms with Crippen LogP contribution < -0.4 is 4.74 Å². The Morgan fingerprint density at radius 2 is 2.12 bits per heavy atom. The first-order valence-electron chi connectivity index (χ1n) is 5.67. The smallest absolute Gasteiger partial charge is 0.137 e. The monoisotopic (exact) mass is 242 g/mol. The van der Waals surface area contributed by atoms with Crippen molar-refractivity contribution in [2.45, 2.75) is 32.1 Å². The van der Waals surface area contributed by atoms with Crippen molar-refractivity contribution in [3.63, 3.8) is 0 Å². The molecular formula is C13H19ClO2. The summed E-state index contributed by atoms with van der Waals surface area (Å²) in [7, 11) is 1.61. The van der Waals surface area contributed by atoms with E-state index in [1.165, 1.54) is 5.56 Å². The van der Waals surface area contributed by atoms with E-state index in [9.17, 15) is 0 Å². The number of benzene rings is 1. The van der Waals surface area contributed by atoms with Gasteiger partial charge in [0.2, 0.25) is 0 Å². The highest BCUT2D eigenvalue weighted by Gasteiger charge is 2.12. The van der Waals surface area contributed by atoms with Gasteiger partial charge in [0.05, 0.1) is 12.1 Å². The van der Waals surface area contributed by atoms with Crippen molar-refractivity contribution >= 4 is 11.6 Å². The molecule has 0 aromatic heterocycles. The Hall–Kier alpha value is -0.730. The van der Waals surface area contributed by atoms with Crippen LogP contribution in [0, 0.1) is 0 Å². The lowest BCUT2D eigenvalue weighted by molar-refractivity contribution is 0.272. The molecule has 0 saturated heterocycles. The highest BCUT2D eigenvalue weighted by Crippen LogP contribution is 2.31. The highest BCUT2D eigenvalue weighted by atomic mass is 35.5. The van der Waals surface area contributed by atoms with Crippen molar-refractivity contribution < 1.29 is 9.84 Å². The molecule has 0 amide bonds. The van der Waals surface area contributed by atoms with E-state index < -0.39 is 0 Å². The maximum absolute atomic E-state index is 9.04. The van der Waals surface area contributed by atoms with E-state index in [1.54, 1.807) is 7.11 Å². The number of rotatable bonds is 6. The van der Waals surface area contributed by atoms with Gasteiger partial charge in [0.25, 0.3) is 0 Å². The summed E-state index contributed by atoms with van der Waals surface area (Å²) in [6.45, 7) is 2.36. The maximum Gasteiger partial charge on any atom is 0.137 e.